The predicted octanol–water partition coefficient (Wildman–Crippen LogP) is 1.38. The quantitative estimate of drug-likeness (QED) is 0.766. The minimum atomic E-state index is -1.10. The monoisotopic (exact) mass is 242 g/mol. The zero-order valence-electron chi connectivity index (χ0n) is 11.2. The number of hydrogen-bond donors (Lipinski definition) is 1. The molecular weight excluding hydrogens is 220 g/mol. The number of rotatable bonds is 6. The van der Waals surface area contributed by atoms with Gasteiger partial charge in [-0.3, -0.25) is 4.68 Å². The first kappa shape index (κ1) is 14.2. The lowest BCUT2D eigenvalue weighted by atomic mass is 9.99. The molecule has 0 aromatic carbocycles. The molecule has 0 spiro atoms. The average Bonchev–Trinajstić information content (AvgIpc) is 2.66. The van der Waals surface area contributed by atoms with E-state index in [2.05, 4.69) is 18.9 Å². The van der Waals surface area contributed by atoms with Crippen molar-refractivity contribution in [3.63, 3.8) is 0 Å². The van der Waals surface area contributed by atoms with Crippen LogP contribution in [-0.2, 0) is 15.9 Å². The first-order valence-electron chi connectivity index (χ1n) is 5.72. The maximum absolute atomic E-state index is 10.3. The molecule has 0 saturated carbocycles. The SMILES string of the molecule is COC(OC)C(C)(O)Cc1ccn(C(C)C)n1. The van der Waals surface area contributed by atoms with Crippen molar-refractivity contribution < 1.29 is 14.6 Å². The molecule has 0 saturated heterocycles. The number of hydrogen-bond acceptors (Lipinski definition) is 4. The van der Waals surface area contributed by atoms with E-state index >= 15 is 0 Å². The molecule has 5 nitrogen and oxygen atoms in total. The van der Waals surface area contributed by atoms with Crippen LogP contribution in [0.2, 0.25) is 0 Å². The van der Waals surface area contributed by atoms with Crippen molar-refractivity contribution in [2.24, 2.45) is 0 Å². The van der Waals surface area contributed by atoms with Gasteiger partial charge >= 0.3 is 0 Å². The Balaban J connectivity index is 2.74. The normalized spacial score (nSPS) is 15.5. The summed E-state index contributed by atoms with van der Waals surface area (Å²) in [5, 5.41) is 14.7. The second-order valence-corrected chi connectivity index (χ2v) is 4.72. The minimum Gasteiger partial charge on any atom is -0.384 e. The van der Waals surface area contributed by atoms with Crippen LogP contribution in [0.15, 0.2) is 12.3 Å². The van der Waals surface area contributed by atoms with E-state index in [-0.39, 0.29) is 0 Å². The molecule has 1 aromatic rings. The van der Waals surface area contributed by atoms with E-state index < -0.39 is 11.9 Å². The number of methoxy groups -OCH3 is 2. The molecule has 0 bridgehead atoms. The lowest BCUT2D eigenvalue weighted by Gasteiger charge is -2.29. The molecule has 17 heavy (non-hydrogen) atoms. The standard InChI is InChI=1S/C12H22N2O3/c1-9(2)14-7-6-10(13-14)8-12(3,15)11(16-4)17-5/h6-7,9,11,15H,8H2,1-5H3. The highest BCUT2D eigenvalue weighted by molar-refractivity contribution is 5.04. The molecule has 1 aromatic heterocycles. The summed E-state index contributed by atoms with van der Waals surface area (Å²) in [4.78, 5) is 0. The fraction of sp³-hybridized carbons (Fsp3) is 0.750. The highest BCUT2D eigenvalue weighted by Crippen LogP contribution is 2.19. The van der Waals surface area contributed by atoms with Crippen LogP contribution >= 0.6 is 0 Å². The summed E-state index contributed by atoms with van der Waals surface area (Å²) < 4.78 is 12.0. The van der Waals surface area contributed by atoms with Gasteiger partial charge in [0.1, 0.15) is 5.60 Å². The van der Waals surface area contributed by atoms with E-state index in [9.17, 15) is 5.11 Å². The van der Waals surface area contributed by atoms with E-state index in [0.717, 1.165) is 5.69 Å². The molecule has 0 fully saturated rings. The van der Waals surface area contributed by atoms with E-state index in [4.69, 9.17) is 9.47 Å². The Bertz CT molecular complexity index is 343. The molecule has 98 valence electrons. The summed E-state index contributed by atoms with van der Waals surface area (Å²) in [6.45, 7) is 5.79. The first-order chi connectivity index (χ1) is 7.90. The number of nitrogens with zero attached hydrogens (tertiary/aromatic N) is 2. The topological polar surface area (TPSA) is 56.5 Å². The first-order valence-corrected chi connectivity index (χ1v) is 5.72. The van der Waals surface area contributed by atoms with Gasteiger partial charge in [0.2, 0.25) is 0 Å². The van der Waals surface area contributed by atoms with Crippen LogP contribution < -0.4 is 0 Å². The van der Waals surface area contributed by atoms with Gasteiger partial charge < -0.3 is 14.6 Å². The fourth-order valence-electron chi connectivity index (χ4n) is 1.81. The highest BCUT2D eigenvalue weighted by Gasteiger charge is 2.33. The Hall–Kier alpha value is -0.910. The van der Waals surface area contributed by atoms with Crippen LogP contribution in [0.3, 0.4) is 0 Å². The minimum absolute atomic E-state index is 0.314. The van der Waals surface area contributed by atoms with Gasteiger partial charge in [-0.2, -0.15) is 5.10 Å². The number of ether oxygens (including phenoxy) is 2. The van der Waals surface area contributed by atoms with Gasteiger partial charge in [-0.15, -0.1) is 0 Å². The largest absolute Gasteiger partial charge is 0.384 e. The third-order valence-corrected chi connectivity index (χ3v) is 2.67. The molecule has 1 heterocycles. The third kappa shape index (κ3) is 3.52. The maximum atomic E-state index is 10.3. The summed E-state index contributed by atoms with van der Waals surface area (Å²) in [6, 6.07) is 2.21. The number of aromatic nitrogens is 2. The molecule has 0 radical (unpaired) electrons. The van der Waals surface area contributed by atoms with Crippen LogP contribution in [-0.4, -0.2) is 41.0 Å². The lowest BCUT2D eigenvalue weighted by Crippen LogP contribution is -2.43. The van der Waals surface area contributed by atoms with Crippen LogP contribution in [0.5, 0.6) is 0 Å². The van der Waals surface area contributed by atoms with Crippen molar-refractivity contribution >= 4 is 0 Å². The van der Waals surface area contributed by atoms with E-state index in [0.29, 0.717) is 12.5 Å². The molecular formula is C12H22N2O3. The predicted molar refractivity (Wildman–Crippen MR) is 64.7 cm³/mol. The van der Waals surface area contributed by atoms with E-state index in [1.165, 1.54) is 14.2 Å². The molecule has 1 atom stereocenters. The molecule has 0 aliphatic heterocycles. The Labute approximate surface area is 102 Å². The Morgan fingerprint density at radius 1 is 1.41 bits per heavy atom. The van der Waals surface area contributed by atoms with E-state index in [1.54, 1.807) is 6.92 Å². The van der Waals surface area contributed by atoms with Crippen LogP contribution in [0.1, 0.15) is 32.5 Å². The van der Waals surface area contributed by atoms with Crippen molar-refractivity contribution in [3.8, 4) is 0 Å². The molecule has 0 aliphatic carbocycles. The van der Waals surface area contributed by atoms with Gasteiger partial charge in [-0.1, -0.05) is 0 Å². The van der Waals surface area contributed by atoms with Crippen LogP contribution in [0.4, 0.5) is 0 Å². The smallest absolute Gasteiger partial charge is 0.185 e. The molecule has 0 aliphatic rings. The van der Waals surface area contributed by atoms with Crippen molar-refractivity contribution in [1.82, 2.24) is 9.78 Å². The molecule has 1 N–H and O–H groups in total. The highest BCUT2D eigenvalue weighted by atomic mass is 16.7. The van der Waals surface area contributed by atoms with Crippen molar-refractivity contribution in [2.45, 2.75) is 45.1 Å². The van der Waals surface area contributed by atoms with Crippen LogP contribution in [0, 0.1) is 0 Å². The van der Waals surface area contributed by atoms with Crippen molar-refractivity contribution in [3.05, 3.63) is 18.0 Å². The lowest BCUT2D eigenvalue weighted by molar-refractivity contribution is -0.207. The molecule has 0 amide bonds. The summed E-state index contributed by atoms with van der Waals surface area (Å²) in [6.07, 6.45) is 1.63. The summed E-state index contributed by atoms with van der Waals surface area (Å²) in [7, 11) is 3.02. The van der Waals surface area contributed by atoms with Gasteiger partial charge in [0, 0.05) is 32.9 Å². The number of aliphatic hydroxyl groups is 1. The second-order valence-electron chi connectivity index (χ2n) is 4.72. The Morgan fingerprint density at radius 2 is 2.00 bits per heavy atom. The van der Waals surface area contributed by atoms with Gasteiger partial charge in [0.15, 0.2) is 6.29 Å². The summed E-state index contributed by atoms with van der Waals surface area (Å²) in [5.74, 6) is 0. The fourth-order valence-corrected chi connectivity index (χ4v) is 1.81. The van der Waals surface area contributed by atoms with E-state index in [1.807, 2.05) is 16.9 Å². The van der Waals surface area contributed by atoms with Crippen molar-refractivity contribution in [1.29, 1.82) is 0 Å². The third-order valence-electron chi connectivity index (χ3n) is 2.67. The van der Waals surface area contributed by atoms with Gasteiger partial charge in [-0.25, -0.2) is 0 Å². The van der Waals surface area contributed by atoms with Gasteiger partial charge in [0.25, 0.3) is 0 Å². The van der Waals surface area contributed by atoms with Gasteiger partial charge in [0.05, 0.1) is 5.69 Å². The average molecular weight is 242 g/mol. The molecule has 1 unspecified atom stereocenters. The maximum Gasteiger partial charge on any atom is 0.185 e. The second kappa shape index (κ2) is 5.62. The molecule has 1 rings (SSSR count). The molecule has 5 heteroatoms. The summed E-state index contributed by atoms with van der Waals surface area (Å²) >= 11 is 0. The Morgan fingerprint density at radius 3 is 2.41 bits per heavy atom. The van der Waals surface area contributed by atoms with Crippen LogP contribution in [0.25, 0.3) is 0 Å². The summed E-state index contributed by atoms with van der Waals surface area (Å²) in [5.41, 5.74) is -0.276. The zero-order valence-corrected chi connectivity index (χ0v) is 11.2. The van der Waals surface area contributed by atoms with Gasteiger partial charge in [-0.05, 0) is 26.8 Å². The Kier molecular flexibility index (Phi) is 4.68. The zero-order chi connectivity index (χ0) is 13.1. The van der Waals surface area contributed by atoms with Crippen molar-refractivity contribution in [2.75, 3.05) is 14.2 Å².